The van der Waals surface area contributed by atoms with Crippen LogP contribution in [0.25, 0.3) is 0 Å². The van der Waals surface area contributed by atoms with Gasteiger partial charge in [0.05, 0.1) is 0 Å². The molecule has 0 spiro atoms. The highest BCUT2D eigenvalue weighted by Gasteiger charge is 2.29. The van der Waals surface area contributed by atoms with E-state index in [9.17, 15) is 4.79 Å². The van der Waals surface area contributed by atoms with Gasteiger partial charge in [0.1, 0.15) is 0 Å². The lowest BCUT2D eigenvalue weighted by atomic mass is 9.80. The van der Waals surface area contributed by atoms with Crippen LogP contribution in [0.5, 0.6) is 0 Å². The summed E-state index contributed by atoms with van der Waals surface area (Å²) in [6.45, 7) is 6.18. The van der Waals surface area contributed by atoms with Crippen LogP contribution in [0.3, 0.4) is 0 Å². The van der Waals surface area contributed by atoms with Gasteiger partial charge in [-0.25, -0.2) is 0 Å². The summed E-state index contributed by atoms with van der Waals surface area (Å²) in [5.74, 6) is 2.10. The molecule has 0 aromatic heterocycles. The van der Waals surface area contributed by atoms with Gasteiger partial charge < -0.3 is 9.64 Å². The quantitative estimate of drug-likeness (QED) is 0.217. The SMILES string of the molecule is CCCCCCCCCCCCCCCCCC(=O)N1CCC(C2CCOCC2)CC1. The monoisotopic (exact) mass is 435 g/mol. The van der Waals surface area contributed by atoms with Crippen LogP contribution in [0.4, 0.5) is 0 Å². The average molecular weight is 436 g/mol. The standard InChI is InChI=1S/C28H53NO2/c1-2-3-4-5-6-7-8-9-10-11-12-13-14-15-16-17-28(30)29-22-18-26(19-23-29)27-20-24-31-25-21-27/h26-27H,2-25H2,1H3. The third-order valence-electron chi connectivity index (χ3n) is 7.82. The van der Waals surface area contributed by atoms with Gasteiger partial charge in [-0.05, 0) is 43.9 Å². The van der Waals surface area contributed by atoms with Crippen molar-refractivity contribution in [1.29, 1.82) is 0 Å². The molecule has 0 atom stereocenters. The Morgan fingerprint density at radius 1 is 0.645 bits per heavy atom. The van der Waals surface area contributed by atoms with Crippen molar-refractivity contribution in [3.63, 3.8) is 0 Å². The molecule has 3 nitrogen and oxygen atoms in total. The van der Waals surface area contributed by atoms with Gasteiger partial charge in [-0.15, -0.1) is 0 Å². The highest BCUT2D eigenvalue weighted by atomic mass is 16.5. The minimum absolute atomic E-state index is 0.417. The summed E-state index contributed by atoms with van der Waals surface area (Å²) in [6.07, 6.45) is 26.4. The van der Waals surface area contributed by atoms with Crippen LogP contribution < -0.4 is 0 Å². The predicted octanol–water partition coefficient (Wildman–Crippen LogP) is 7.91. The topological polar surface area (TPSA) is 29.5 Å². The van der Waals surface area contributed by atoms with E-state index >= 15 is 0 Å². The Balaban J connectivity index is 1.33. The molecule has 0 aromatic carbocycles. The number of nitrogens with zero attached hydrogens (tertiary/aromatic N) is 1. The fourth-order valence-corrected chi connectivity index (χ4v) is 5.61. The van der Waals surface area contributed by atoms with Crippen molar-refractivity contribution in [3.05, 3.63) is 0 Å². The Bertz CT molecular complexity index is 425. The number of likely N-dealkylation sites (tertiary alicyclic amines) is 1. The maximum absolute atomic E-state index is 12.5. The van der Waals surface area contributed by atoms with E-state index in [0.717, 1.165) is 51.0 Å². The van der Waals surface area contributed by atoms with Crippen molar-refractivity contribution < 1.29 is 9.53 Å². The van der Waals surface area contributed by atoms with Gasteiger partial charge in [0.2, 0.25) is 5.91 Å². The van der Waals surface area contributed by atoms with Crippen molar-refractivity contribution in [3.8, 4) is 0 Å². The lowest BCUT2D eigenvalue weighted by Crippen LogP contribution is -2.40. The first kappa shape index (κ1) is 26.7. The van der Waals surface area contributed by atoms with Crippen LogP contribution in [0.1, 0.15) is 135 Å². The molecule has 182 valence electrons. The van der Waals surface area contributed by atoms with E-state index in [-0.39, 0.29) is 0 Å². The predicted molar refractivity (Wildman–Crippen MR) is 132 cm³/mol. The summed E-state index contributed by atoms with van der Waals surface area (Å²) >= 11 is 0. The number of hydrogen-bond acceptors (Lipinski definition) is 2. The van der Waals surface area contributed by atoms with Gasteiger partial charge in [0.25, 0.3) is 0 Å². The number of carbonyl (C=O) groups is 1. The van der Waals surface area contributed by atoms with Crippen molar-refractivity contribution in [2.24, 2.45) is 11.8 Å². The van der Waals surface area contributed by atoms with E-state index < -0.39 is 0 Å². The lowest BCUT2D eigenvalue weighted by Gasteiger charge is -2.37. The average Bonchev–Trinajstić information content (AvgIpc) is 2.82. The van der Waals surface area contributed by atoms with E-state index in [1.165, 1.54) is 116 Å². The Labute approximate surface area is 194 Å². The Kier molecular flexibility index (Phi) is 15.4. The maximum Gasteiger partial charge on any atom is 0.222 e. The zero-order valence-electron chi connectivity index (χ0n) is 20.9. The molecule has 0 aromatic rings. The lowest BCUT2D eigenvalue weighted by molar-refractivity contribution is -0.133. The van der Waals surface area contributed by atoms with Crippen LogP contribution in [0.15, 0.2) is 0 Å². The van der Waals surface area contributed by atoms with Crippen LogP contribution in [0.2, 0.25) is 0 Å². The van der Waals surface area contributed by atoms with E-state index in [1.807, 2.05) is 0 Å². The molecule has 2 fully saturated rings. The number of ether oxygens (including phenoxy) is 1. The highest BCUT2D eigenvalue weighted by molar-refractivity contribution is 5.76. The van der Waals surface area contributed by atoms with E-state index in [4.69, 9.17) is 4.74 Å². The van der Waals surface area contributed by atoms with Gasteiger partial charge in [-0.3, -0.25) is 4.79 Å². The summed E-state index contributed by atoms with van der Waals surface area (Å²) in [5.41, 5.74) is 0. The molecule has 0 aliphatic carbocycles. The second kappa shape index (κ2) is 17.9. The first-order chi connectivity index (χ1) is 15.3. The molecule has 31 heavy (non-hydrogen) atoms. The molecule has 0 unspecified atom stereocenters. The zero-order valence-corrected chi connectivity index (χ0v) is 20.9. The zero-order chi connectivity index (χ0) is 22.0. The number of amides is 1. The molecule has 2 heterocycles. The molecule has 0 saturated carbocycles. The number of hydrogen-bond donors (Lipinski definition) is 0. The highest BCUT2D eigenvalue weighted by Crippen LogP contribution is 2.32. The van der Waals surface area contributed by atoms with Crippen LogP contribution >= 0.6 is 0 Å². The molecule has 2 rings (SSSR count). The minimum Gasteiger partial charge on any atom is -0.381 e. The van der Waals surface area contributed by atoms with Gasteiger partial charge in [-0.1, -0.05) is 96.8 Å². The summed E-state index contributed by atoms with van der Waals surface area (Å²) in [7, 11) is 0. The van der Waals surface area contributed by atoms with E-state index in [0.29, 0.717) is 5.91 Å². The Hall–Kier alpha value is -0.570. The molecule has 0 bridgehead atoms. The normalized spacial score (nSPS) is 18.5. The minimum atomic E-state index is 0.417. The smallest absolute Gasteiger partial charge is 0.222 e. The molecular weight excluding hydrogens is 382 g/mol. The first-order valence-corrected chi connectivity index (χ1v) is 14.2. The summed E-state index contributed by atoms with van der Waals surface area (Å²) in [6, 6.07) is 0. The molecule has 1 amide bonds. The number of unbranched alkanes of at least 4 members (excludes halogenated alkanes) is 14. The molecule has 2 aliphatic heterocycles. The summed E-state index contributed by atoms with van der Waals surface area (Å²) < 4.78 is 5.50. The third kappa shape index (κ3) is 12.3. The summed E-state index contributed by atoms with van der Waals surface area (Å²) in [5, 5.41) is 0. The fourth-order valence-electron chi connectivity index (χ4n) is 5.61. The van der Waals surface area contributed by atoms with E-state index in [1.54, 1.807) is 0 Å². The van der Waals surface area contributed by atoms with Crippen LogP contribution in [-0.2, 0) is 9.53 Å². The van der Waals surface area contributed by atoms with Crippen molar-refractivity contribution in [2.45, 2.75) is 135 Å². The molecule has 2 aliphatic rings. The molecule has 3 heteroatoms. The van der Waals surface area contributed by atoms with E-state index in [2.05, 4.69) is 11.8 Å². The fraction of sp³-hybridized carbons (Fsp3) is 0.964. The van der Waals surface area contributed by atoms with Gasteiger partial charge in [0.15, 0.2) is 0 Å². The van der Waals surface area contributed by atoms with Crippen molar-refractivity contribution in [1.82, 2.24) is 4.90 Å². The van der Waals surface area contributed by atoms with Crippen molar-refractivity contribution in [2.75, 3.05) is 26.3 Å². The largest absolute Gasteiger partial charge is 0.381 e. The molecular formula is C28H53NO2. The Morgan fingerprint density at radius 2 is 1.06 bits per heavy atom. The number of rotatable bonds is 17. The first-order valence-electron chi connectivity index (χ1n) is 14.2. The molecule has 2 saturated heterocycles. The number of piperidine rings is 1. The van der Waals surface area contributed by atoms with Crippen molar-refractivity contribution >= 4 is 5.91 Å². The number of carbonyl (C=O) groups excluding carboxylic acids is 1. The van der Waals surface area contributed by atoms with Gasteiger partial charge in [0, 0.05) is 32.7 Å². The van der Waals surface area contributed by atoms with Gasteiger partial charge in [-0.2, -0.15) is 0 Å². The maximum atomic E-state index is 12.5. The molecule has 0 radical (unpaired) electrons. The van der Waals surface area contributed by atoms with Crippen LogP contribution in [0, 0.1) is 11.8 Å². The van der Waals surface area contributed by atoms with Gasteiger partial charge >= 0.3 is 0 Å². The van der Waals surface area contributed by atoms with Crippen LogP contribution in [-0.4, -0.2) is 37.1 Å². The molecule has 0 N–H and O–H groups in total. The third-order valence-corrected chi connectivity index (χ3v) is 7.82. The second-order valence-electron chi connectivity index (χ2n) is 10.4. The Morgan fingerprint density at radius 3 is 1.55 bits per heavy atom. The summed E-state index contributed by atoms with van der Waals surface area (Å²) in [4.78, 5) is 14.7. The second-order valence-corrected chi connectivity index (χ2v) is 10.4.